The Morgan fingerprint density at radius 3 is 2.17 bits per heavy atom. The van der Waals surface area contributed by atoms with Crippen LogP contribution < -0.4 is 0 Å². The van der Waals surface area contributed by atoms with E-state index < -0.39 is 20.6 Å². The number of rotatable bonds is 3. The number of sulfone groups is 1. The second kappa shape index (κ2) is 6.23. The molecule has 6 heteroatoms. The highest BCUT2D eigenvalue weighted by molar-refractivity contribution is 7.95. The van der Waals surface area contributed by atoms with Crippen molar-refractivity contribution in [3.8, 4) is 11.8 Å². The van der Waals surface area contributed by atoms with E-state index in [1.54, 1.807) is 32.0 Å². The molecule has 4 nitrogen and oxygen atoms in total. The van der Waals surface area contributed by atoms with Crippen LogP contribution in [-0.4, -0.2) is 13.5 Å². The molecule has 2 aromatic rings. The quantitative estimate of drug-likeness (QED) is 0.690. The zero-order valence-electron chi connectivity index (χ0n) is 12.5. The predicted molar refractivity (Wildman–Crippen MR) is 84.8 cm³/mol. The summed E-state index contributed by atoms with van der Waals surface area (Å²) < 4.78 is 37.8. The molecule has 0 bridgehead atoms. The van der Waals surface area contributed by atoms with Crippen LogP contribution in [0.2, 0.25) is 0 Å². The molecular weight excluding hydrogens is 317 g/mol. The number of hydrogen-bond acceptors (Lipinski definition) is 4. The summed E-state index contributed by atoms with van der Waals surface area (Å²) in [4.78, 5) is -0.604. The molecule has 0 unspecified atom stereocenters. The lowest BCUT2D eigenvalue weighted by Gasteiger charge is -2.06. The van der Waals surface area contributed by atoms with Crippen LogP contribution in [0, 0.1) is 31.0 Å². The second-order valence-corrected chi connectivity index (χ2v) is 7.00. The molecule has 0 aromatic heterocycles. The number of benzene rings is 2. The summed E-state index contributed by atoms with van der Waals surface area (Å²) in [5.74, 6) is -0.432. The van der Waals surface area contributed by atoms with Crippen molar-refractivity contribution >= 4 is 15.9 Å². The number of phenolic OH excluding ortho intramolecular Hbond substituents is 1. The molecule has 0 fully saturated rings. The fourth-order valence-corrected chi connectivity index (χ4v) is 3.29. The lowest BCUT2D eigenvalue weighted by molar-refractivity contribution is 0.467. The molecule has 2 rings (SSSR count). The first-order valence-electron chi connectivity index (χ1n) is 6.68. The standard InChI is InChI=1S/C17H14FNO3S/c1-11-7-13(8-12(2)17(11)20)9-16(10-19)23(21,22)15-5-3-14(18)4-6-15/h3-9,20H,1-2H3/b16-9+. The maximum absolute atomic E-state index is 12.9. The molecule has 0 saturated heterocycles. The van der Waals surface area contributed by atoms with Crippen LogP contribution in [0.5, 0.6) is 5.75 Å². The second-order valence-electron chi connectivity index (χ2n) is 5.08. The van der Waals surface area contributed by atoms with Gasteiger partial charge in [-0.1, -0.05) is 0 Å². The average molecular weight is 331 g/mol. The molecule has 0 aliphatic heterocycles. The lowest BCUT2D eigenvalue weighted by Crippen LogP contribution is -2.03. The number of allylic oxidation sites excluding steroid dienone is 1. The summed E-state index contributed by atoms with van der Waals surface area (Å²) in [5.41, 5.74) is 1.64. The van der Waals surface area contributed by atoms with Gasteiger partial charge in [-0.3, -0.25) is 0 Å². The smallest absolute Gasteiger partial charge is 0.216 e. The van der Waals surface area contributed by atoms with E-state index in [2.05, 4.69) is 0 Å². The van der Waals surface area contributed by atoms with Crippen LogP contribution in [0.25, 0.3) is 6.08 Å². The van der Waals surface area contributed by atoms with Crippen molar-refractivity contribution in [1.29, 1.82) is 5.26 Å². The Balaban J connectivity index is 2.55. The van der Waals surface area contributed by atoms with E-state index in [1.807, 2.05) is 0 Å². The van der Waals surface area contributed by atoms with Crippen LogP contribution in [0.4, 0.5) is 4.39 Å². The molecule has 23 heavy (non-hydrogen) atoms. The molecule has 0 amide bonds. The van der Waals surface area contributed by atoms with Crippen molar-refractivity contribution in [2.24, 2.45) is 0 Å². The molecule has 0 heterocycles. The minimum Gasteiger partial charge on any atom is -0.507 e. The number of aryl methyl sites for hydroxylation is 2. The molecule has 0 atom stereocenters. The Labute approximate surface area is 134 Å². The topological polar surface area (TPSA) is 78.2 Å². The molecular formula is C17H14FNO3S. The third kappa shape index (κ3) is 3.41. The van der Waals surface area contributed by atoms with Gasteiger partial charge < -0.3 is 5.11 Å². The highest BCUT2D eigenvalue weighted by Gasteiger charge is 2.21. The zero-order chi connectivity index (χ0) is 17.2. The number of nitriles is 1. The van der Waals surface area contributed by atoms with E-state index >= 15 is 0 Å². The fraction of sp³-hybridized carbons (Fsp3) is 0.118. The van der Waals surface area contributed by atoms with E-state index in [4.69, 9.17) is 0 Å². The zero-order valence-corrected chi connectivity index (χ0v) is 13.4. The first-order valence-corrected chi connectivity index (χ1v) is 8.16. The molecule has 118 valence electrons. The highest BCUT2D eigenvalue weighted by Crippen LogP contribution is 2.26. The van der Waals surface area contributed by atoms with Gasteiger partial charge in [-0.05, 0) is 73.0 Å². The summed E-state index contributed by atoms with van der Waals surface area (Å²) in [5, 5.41) is 19.0. The van der Waals surface area contributed by atoms with Gasteiger partial charge in [-0.2, -0.15) is 5.26 Å². The number of phenols is 1. The van der Waals surface area contributed by atoms with Gasteiger partial charge in [0.25, 0.3) is 0 Å². The van der Waals surface area contributed by atoms with Gasteiger partial charge in [0.05, 0.1) is 4.90 Å². The summed E-state index contributed by atoms with van der Waals surface area (Å²) in [7, 11) is -4.03. The number of aromatic hydroxyl groups is 1. The first kappa shape index (κ1) is 16.7. The van der Waals surface area contributed by atoms with Crippen LogP contribution in [0.1, 0.15) is 16.7 Å². The molecule has 1 N–H and O–H groups in total. The van der Waals surface area contributed by atoms with Gasteiger partial charge in [0.2, 0.25) is 9.84 Å². The van der Waals surface area contributed by atoms with Crippen molar-refractivity contribution < 1.29 is 17.9 Å². The van der Waals surface area contributed by atoms with E-state index in [-0.39, 0.29) is 10.6 Å². The van der Waals surface area contributed by atoms with Crippen LogP contribution in [0.3, 0.4) is 0 Å². The van der Waals surface area contributed by atoms with Gasteiger partial charge in [0.15, 0.2) is 0 Å². The first-order chi connectivity index (χ1) is 10.8. The van der Waals surface area contributed by atoms with Crippen molar-refractivity contribution in [1.82, 2.24) is 0 Å². The summed E-state index contributed by atoms with van der Waals surface area (Å²) in [6.07, 6.45) is 1.23. The van der Waals surface area contributed by atoms with E-state index in [0.717, 1.165) is 24.3 Å². The Morgan fingerprint density at radius 2 is 1.70 bits per heavy atom. The van der Waals surface area contributed by atoms with Gasteiger partial charge in [0, 0.05) is 0 Å². The lowest BCUT2D eigenvalue weighted by atomic mass is 10.1. The Hall–Kier alpha value is -2.65. The van der Waals surface area contributed by atoms with Crippen molar-refractivity contribution in [3.05, 3.63) is 63.8 Å². The molecule has 0 aliphatic rings. The average Bonchev–Trinajstić information content (AvgIpc) is 2.50. The maximum atomic E-state index is 12.9. The molecule has 0 radical (unpaired) electrons. The Kier molecular flexibility index (Phi) is 4.52. The van der Waals surface area contributed by atoms with Gasteiger partial charge in [0.1, 0.15) is 22.5 Å². The van der Waals surface area contributed by atoms with E-state index in [0.29, 0.717) is 16.7 Å². The SMILES string of the molecule is Cc1cc(/C=C(\C#N)S(=O)(=O)c2ccc(F)cc2)cc(C)c1O. The van der Waals surface area contributed by atoms with Crippen LogP contribution in [-0.2, 0) is 9.84 Å². The van der Waals surface area contributed by atoms with E-state index in [9.17, 15) is 23.2 Å². The summed E-state index contributed by atoms with van der Waals surface area (Å²) in [6, 6.07) is 9.12. The monoisotopic (exact) mass is 331 g/mol. The third-order valence-corrected chi connectivity index (χ3v) is 5.02. The molecule has 0 spiro atoms. The maximum Gasteiger partial charge on any atom is 0.216 e. The van der Waals surface area contributed by atoms with E-state index in [1.165, 1.54) is 6.08 Å². The third-order valence-electron chi connectivity index (χ3n) is 3.33. The summed E-state index contributed by atoms with van der Waals surface area (Å²) in [6.45, 7) is 3.36. The molecule has 2 aromatic carbocycles. The van der Waals surface area contributed by atoms with Crippen molar-refractivity contribution in [2.45, 2.75) is 18.7 Å². The fourth-order valence-electron chi connectivity index (χ4n) is 2.13. The van der Waals surface area contributed by atoms with Crippen LogP contribution >= 0.6 is 0 Å². The Bertz CT molecular complexity index is 900. The highest BCUT2D eigenvalue weighted by atomic mass is 32.2. The van der Waals surface area contributed by atoms with Gasteiger partial charge >= 0.3 is 0 Å². The minimum atomic E-state index is -4.03. The Morgan fingerprint density at radius 1 is 1.17 bits per heavy atom. The van der Waals surface area contributed by atoms with Crippen molar-refractivity contribution in [2.75, 3.05) is 0 Å². The van der Waals surface area contributed by atoms with Gasteiger partial charge in [-0.25, -0.2) is 12.8 Å². The summed E-state index contributed by atoms with van der Waals surface area (Å²) >= 11 is 0. The predicted octanol–water partition coefficient (Wildman–Crippen LogP) is 3.49. The van der Waals surface area contributed by atoms with Crippen LogP contribution in [0.15, 0.2) is 46.2 Å². The molecule has 0 saturated carbocycles. The molecule has 0 aliphatic carbocycles. The number of nitrogens with zero attached hydrogens (tertiary/aromatic N) is 1. The minimum absolute atomic E-state index is 0.127. The largest absolute Gasteiger partial charge is 0.507 e. The number of hydrogen-bond donors (Lipinski definition) is 1. The normalized spacial score (nSPS) is 12.0. The number of halogens is 1. The van der Waals surface area contributed by atoms with Crippen molar-refractivity contribution in [3.63, 3.8) is 0 Å². The van der Waals surface area contributed by atoms with Gasteiger partial charge in [-0.15, -0.1) is 0 Å².